The van der Waals surface area contributed by atoms with Crippen LogP contribution in [-0.2, 0) is 12.8 Å². The number of halogens is 1. The van der Waals surface area contributed by atoms with Crippen LogP contribution in [0.15, 0.2) is 24.3 Å². The Kier molecular flexibility index (Phi) is 1.91. The quantitative estimate of drug-likeness (QED) is 0.559. The van der Waals surface area contributed by atoms with Crippen molar-refractivity contribution in [3.63, 3.8) is 0 Å². The normalized spacial score (nSPS) is 13.3. The summed E-state index contributed by atoms with van der Waals surface area (Å²) in [5, 5.41) is 13.0. The summed E-state index contributed by atoms with van der Waals surface area (Å²) in [6, 6.07) is 7.11. The lowest BCUT2D eigenvalue weighted by molar-refractivity contribution is -0.383. The van der Waals surface area contributed by atoms with Crippen LogP contribution >= 0.6 is 11.6 Å². The van der Waals surface area contributed by atoms with E-state index >= 15 is 0 Å². The zero-order valence-corrected chi connectivity index (χ0v) is 9.12. The Bertz CT molecular complexity index is 612. The van der Waals surface area contributed by atoms with Gasteiger partial charge in [-0.1, -0.05) is 23.7 Å². The summed E-state index contributed by atoms with van der Waals surface area (Å²) in [5.74, 6) is 0. The summed E-state index contributed by atoms with van der Waals surface area (Å²) >= 11 is 6.07. The molecule has 2 aromatic rings. The highest BCUT2D eigenvalue weighted by Gasteiger charge is 2.22. The Balaban J connectivity index is 2.53. The van der Waals surface area contributed by atoms with Crippen molar-refractivity contribution < 1.29 is 4.92 Å². The van der Waals surface area contributed by atoms with Crippen molar-refractivity contribution in [3.05, 3.63) is 50.5 Å². The van der Waals surface area contributed by atoms with Crippen molar-refractivity contribution in [2.45, 2.75) is 12.8 Å². The number of hydrogen-bond acceptors (Lipinski definition) is 2. The molecule has 0 saturated carbocycles. The Hall–Kier alpha value is -1.61. The third-order valence-electron chi connectivity index (χ3n) is 3.12. The fraction of sp³-hybridized carbons (Fsp3) is 0.167. The SMILES string of the molecule is O=[N+]([O-])c1ccc2c3c(ccc(Cl)c13)CC2. The van der Waals surface area contributed by atoms with Crippen LogP contribution < -0.4 is 0 Å². The molecule has 0 bridgehead atoms. The Labute approximate surface area is 96.8 Å². The fourth-order valence-electron chi connectivity index (χ4n) is 2.42. The largest absolute Gasteiger partial charge is 0.278 e. The first-order valence-corrected chi connectivity index (χ1v) is 5.43. The minimum atomic E-state index is -0.368. The average Bonchev–Trinajstić information content (AvgIpc) is 2.67. The maximum Gasteiger partial charge on any atom is 0.278 e. The molecule has 0 radical (unpaired) electrons. The number of nitro groups is 1. The van der Waals surface area contributed by atoms with E-state index in [0.29, 0.717) is 10.4 Å². The number of aryl methyl sites for hydroxylation is 2. The summed E-state index contributed by atoms with van der Waals surface area (Å²) in [5.41, 5.74) is 2.43. The number of nitro benzene ring substituents is 1. The molecule has 1 aliphatic carbocycles. The molecule has 0 aromatic heterocycles. The Morgan fingerprint density at radius 2 is 1.69 bits per heavy atom. The number of rotatable bonds is 1. The summed E-state index contributed by atoms with van der Waals surface area (Å²) in [6.07, 6.45) is 1.90. The van der Waals surface area contributed by atoms with Gasteiger partial charge in [-0.05, 0) is 35.4 Å². The van der Waals surface area contributed by atoms with Crippen molar-refractivity contribution in [1.29, 1.82) is 0 Å². The molecule has 2 aromatic carbocycles. The molecule has 3 nitrogen and oxygen atoms in total. The van der Waals surface area contributed by atoms with Gasteiger partial charge in [-0.25, -0.2) is 0 Å². The first-order chi connectivity index (χ1) is 7.68. The molecular formula is C12H8ClNO2. The van der Waals surface area contributed by atoms with Crippen LogP contribution in [0.3, 0.4) is 0 Å². The number of hydrogen-bond donors (Lipinski definition) is 0. The summed E-state index contributed by atoms with van der Waals surface area (Å²) in [4.78, 5) is 10.6. The van der Waals surface area contributed by atoms with Crippen molar-refractivity contribution in [3.8, 4) is 0 Å². The molecule has 0 aliphatic heterocycles. The van der Waals surface area contributed by atoms with Crippen LogP contribution in [0.25, 0.3) is 10.8 Å². The highest BCUT2D eigenvalue weighted by atomic mass is 35.5. The van der Waals surface area contributed by atoms with E-state index < -0.39 is 0 Å². The molecule has 1 aliphatic rings. The first kappa shape index (κ1) is 9.60. The fourth-order valence-corrected chi connectivity index (χ4v) is 2.68. The van der Waals surface area contributed by atoms with Gasteiger partial charge in [0.05, 0.1) is 15.3 Å². The van der Waals surface area contributed by atoms with Crippen molar-refractivity contribution in [1.82, 2.24) is 0 Å². The van der Waals surface area contributed by atoms with Gasteiger partial charge in [-0.2, -0.15) is 0 Å². The van der Waals surface area contributed by atoms with Gasteiger partial charge in [0.1, 0.15) is 0 Å². The third kappa shape index (κ3) is 1.15. The molecule has 0 N–H and O–H groups in total. The van der Waals surface area contributed by atoms with Crippen molar-refractivity contribution in [2.75, 3.05) is 0 Å². The zero-order chi connectivity index (χ0) is 11.3. The van der Waals surface area contributed by atoms with E-state index in [1.165, 1.54) is 0 Å². The predicted octanol–water partition coefficient (Wildman–Crippen LogP) is 3.50. The van der Waals surface area contributed by atoms with Crippen molar-refractivity contribution in [2.24, 2.45) is 0 Å². The lowest BCUT2D eigenvalue weighted by Crippen LogP contribution is -1.91. The Morgan fingerprint density at radius 3 is 2.31 bits per heavy atom. The van der Waals surface area contributed by atoms with E-state index in [0.717, 1.165) is 29.4 Å². The van der Waals surface area contributed by atoms with Gasteiger partial charge in [0, 0.05) is 6.07 Å². The van der Waals surface area contributed by atoms with E-state index in [1.54, 1.807) is 12.1 Å². The smallest absolute Gasteiger partial charge is 0.258 e. The van der Waals surface area contributed by atoms with Gasteiger partial charge in [0.2, 0.25) is 0 Å². The lowest BCUT2D eigenvalue weighted by atomic mass is 10.0. The van der Waals surface area contributed by atoms with E-state index in [-0.39, 0.29) is 10.6 Å². The summed E-state index contributed by atoms with van der Waals surface area (Å²) in [6.45, 7) is 0. The summed E-state index contributed by atoms with van der Waals surface area (Å²) in [7, 11) is 0. The van der Waals surface area contributed by atoms with Crippen LogP contribution in [0, 0.1) is 10.1 Å². The predicted molar refractivity (Wildman–Crippen MR) is 63.0 cm³/mol. The molecule has 3 rings (SSSR count). The molecule has 0 saturated heterocycles. The number of benzene rings is 2. The molecule has 4 heteroatoms. The van der Waals surface area contributed by atoms with Crippen LogP contribution in [0.2, 0.25) is 5.02 Å². The van der Waals surface area contributed by atoms with Gasteiger partial charge in [-0.15, -0.1) is 0 Å². The second-order valence-electron chi connectivity index (χ2n) is 3.96. The van der Waals surface area contributed by atoms with Gasteiger partial charge < -0.3 is 0 Å². The second-order valence-corrected chi connectivity index (χ2v) is 4.36. The lowest BCUT2D eigenvalue weighted by Gasteiger charge is -2.04. The molecule has 0 heterocycles. The molecule has 0 spiro atoms. The third-order valence-corrected chi connectivity index (χ3v) is 3.44. The van der Waals surface area contributed by atoms with E-state index in [1.807, 2.05) is 12.1 Å². The second kappa shape index (κ2) is 3.19. The Morgan fingerprint density at radius 1 is 1.06 bits per heavy atom. The molecule has 0 unspecified atom stereocenters. The van der Waals surface area contributed by atoms with E-state index in [9.17, 15) is 10.1 Å². The minimum Gasteiger partial charge on any atom is -0.258 e. The molecule has 0 atom stereocenters. The summed E-state index contributed by atoms with van der Waals surface area (Å²) < 4.78 is 0. The standard InChI is InChI=1S/C12H8ClNO2/c13-9-5-3-7-1-2-8-4-6-10(14(15)16)12(9)11(7)8/h3-6H,1-2H2. The topological polar surface area (TPSA) is 43.1 Å². The molecule has 0 amide bonds. The zero-order valence-electron chi connectivity index (χ0n) is 8.37. The van der Waals surface area contributed by atoms with E-state index in [4.69, 9.17) is 11.6 Å². The molecule has 80 valence electrons. The van der Waals surface area contributed by atoms with Crippen molar-refractivity contribution >= 4 is 28.1 Å². The number of non-ortho nitro benzene ring substituents is 1. The minimum absolute atomic E-state index is 0.104. The van der Waals surface area contributed by atoms with Crippen LogP contribution in [0.4, 0.5) is 5.69 Å². The van der Waals surface area contributed by atoms with E-state index in [2.05, 4.69) is 0 Å². The molecule has 16 heavy (non-hydrogen) atoms. The van der Waals surface area contributed by atoms with Crippen LogP contribution in [0.1, 0.15) is 11.1 Å². The van der Waals surface area contributed by atoms with Gasteiger partial charge >= 0.3 is 0 Å². The van der Waals surface area contributed by atoms with Gasteiger partial charge in [-0.3, -0.25) is 10.1 Å². The molecular weight excluding hydrogens is 226 g/mol. The maximum atomic E-state index is 11.0. The number of nitrogens with zero attached hydrogens (tertiary/aromatic N) is 1. The highest BCUT2D eigenvalue weighted by Crippen LogP contribution is 2.39. The van der Waals surface area contributed by atoms with Crippen LogP contribution in [0.5, 0.6) is 0 Å². The molecule has 0 fully saturated rings. The van der Waals surface area contributed by atoms with Gasteiger partial charge in [0.15, 0.2) is 0 Å². The average molecular weight is 234 g/mol. The van der Waals surface area contributed by atoms with Crippen LogP contribution in [-0.4, -0.2) is 4.92 Å². The highest BCUT2D eigenvalue weighted by molar-refractivity contribution is 6.36. The van der Waals surface area contributed by atoms with Gasteiger partial charge in [0.25, 0.3) is 5.69 Å². The maximum absolute atomic E-state index is 11.0. The monoisotopic (exact) mass is 233 g/mol. The first-order valence-electron chi connectivity index (χ1n) is 5.06.